The van der Waals surface area contributed by atoms with Gasteiger partial charge in [0.05, 0.1) is 11.8 Å². The lowest BCUT2D eigenvalue weighted by Crippen LogP contribution is -2.45. The average Bonchev–Trinajstić information content (AvgIpc) is 3.43. The third-order valence-electron chi connectivity index (χ3n) is 5.22. The lowest BCUT2D eigenvalue weighted by atomic mass is 10.0. The van der Waals surface area contributed by atoms with Gasteiger partial charge < -0.3 is 19.1 Å². The molecule has 0 spiro atoms. The maximum atomic E-state index is 13.3. The zero-order chi connectivity index (χ0) is 20.5. The van der Waals surface area contributed by atoms with Crippen LogP contribution in [0.5, 0.6) is 0 Å². The second-order valence-electron chi connectivity index (χ2n) is 7.47. The van der Waals surface area contributed by atoms with Crippen LogP contribution in [0.4, 0.5) is 6.01 Å². The van der Waals surface area contributed by atoms with Crippen molar-refractivity contribution in [1.29, 1.82) is 0 Å². The molecule has 4 aromatic rings. The van der Waals surface area contributed by atoms with Crippen LogP contribution in [0, 0.1) is 6.92 Å². The van der Waals surface area contributed by atoms with Crippen molar-refractivity contribution in [2.24, 2.45) is 0 Å². The Bertz CT molecular complexity index is 1150. The van der Waals surface area contributed by atoms with E-state index in [-0.39, 0.29) is 11.9 Å². The van der Waals surface area contributed by atoms with E-state index >= 15 is 0 Å². The van der Waals surface area contributed by atoms with Crippen LogP contribution < -0.4 is 5.32 Å². The molecule has 30 heavy (non-hydrogen) atoms. The number of aryl methyl sites for hydroxylation is 1. The monoisotopic (exact) mass is 403 g/mol. The number of rotatable bonds is 4. The first-order valence-corrected chi connectivity index (χ1v) is 9.95. The van der Waals surface area contributed by atoms with E-state index in [0.717, 1.165) is 29.5 Å². The molecule has 0 radical (unpaired) electrons. The molecule has 1 aliphatic rings. The number of pyridine rings is 1. The fourth-order valence-electron chi connectivity index (χ4n) is 3.80. The second kappa shape index (κ2) is 7.62. The highest BCUT2D eigenvalue weighted by atomic mass is 16.4. The molecule has 3 aromatic heterocycles. The molecule has 152 valence electrons. The number of piperidine rings is 1. The molecule has 0 bridgehead atoms. The number of amides is 1. The lowest BCUT2D eigenvalue weighted by molar-refractivity contribution is 0.0708. The number of hydrogen-bond donors (Lipinski definition) is 1. The summed E-state index contributed by atoms with van der Waals surface area (Å²) >= 11 is 0. The van der Waals surface area contributed by atoms with Crippen molar-refractivity contribution in [3.63, 3.8) is 0 Å². The number of hydrogen-bond acceptors (Lipinski definition) is 7. The smallest absolute Gasteiger partial charge is 0.295 e. The first-order valence-electron chi connectivity index (χ1n) is 9.95. The molecular weight excluding hydrogens is 382 g/mol. The van der Waals surface area contributed by atoms with E-state index < -0.39 is 0 Å². The van der Waals surface area contributed by atoms with Gasteiger partial charge in [0.25, 0.3) is 11.9 Å². The average molecular weight is 403 g/mol. The summed E-state index contributed by atoms with van der Waals surface area (Å²) in [4.78, 5) is 28.2. The van der Waals surface area contributed by atoms with Crippen LogP contribution in [0.25, 0.3) is 22.6 Å². The highest BCUT2D eigenvalue weighted by molar-refractivity contribution is 5.98. The van der Waals surface area contributed by atoms with Crippen LogP contribution in [0.1, 0.15) is 28.9 Å². The second-order valence-corrected chi connectivity index (χ2v) is 7.47. The summed E-state index contributed by atoms with van der Waals surface area (Å²) in [6.45, 7) is 3.14. The highest BCUT2D eigenvalue weighted by Gasteiger charge is 2.28. The number of nitrogens with zero attached hydrogens (tertiary/aromatic N) is 4. The Hall–Kier alpha value is -3.68. The van der Waals surface area contributed by atoms with Crippen LogP contribution in [0.2, 0.25) is 0 Å². The molecule has 5 rings (SSSR count). The number of carbonyl (C=O) groups is 1. The molecule has 1 aliphatic heterocycles. The van der Waals surface area contributed by atoms with E-state index in [0.29, 0.717) is 36.3 Å². The summed E-state index contributed by atoms with van der Waals surface area (Å²) in [5.41, 5.74) is 3.45. The number of carbonyl (C=O) groups excluding carboxylic acids is 1. The Morgan fingerprint density at radius 3 is 3.00 bits per heavy atom. The molecule has 1 atom stereocenters. The van der Waals surface area contributed by atoms with Crippen molar-refractivity contribution in [2.45, 2.75) is 25.8 Å². The van der Waals surface area contributed by atoms with Crippen molar-refractivity contribution in [3.05, 3.63) is 60.2 Å². The fourth-order valence-corrected chi connectivity index (χ4v) is 3.80. The SMILES string of the molecule is Cc1cnc(C(=O)N2CCCC(Nc3nc4ccccc4o3)C2)c(-c2ncco2)c1. The van der Waals surface area contributed by atoms with Crippen molar-refractivity contribution < 1.29 is 13.6 Å². The number of para-hydroxylation sites is 2. The summed E-state index contributed by atoms with van der Waals surface area (Å²) in [5, 5.41) is 3.33. The van der Waals surface area contributed by atoms with Gasteiger partial charge in [-0.25, -0.2) is 9.97 Å². The number of benzene rings is 1. The number of likely N-dealkylation sites (tertiary alicyclic amines) is 1. The minimum absolute atomic E-state index is 0.0476. The minimum atomic E-state index is -0.132. The van der Waals surface area contributed by atoms with E-state index in [2.05, 4.69) is 20.3 Å². The van der Waals surface area contributed by atoms with E-state index in [4.69, 9.17) is 8.83 Å². The molecule has 8 heteroatoms. The summed E-state index contributed by atoms with van der Waals surface area (Å²) < 4.78 is 11.2. The third kappa shape index (κ3) is 3.52. The van der Waals surface area contributed by atoms with Crippen LogP contribution >= 0.6 is 0 Å². The van der Waals surface area contributed by atoms with Crippen molar-refractivity contribution >= 4 is 23.0 Å². The standard InChI is InChI=1S/C22H21N5O3/c1-14-11-16(20-23-8-10-29-20)19(24-12-14)21(28)27-9-4-5-15(13-27)25-22-26-17-6-2-3-7-18(17)30-22/h2-3,6-8,10-12,15H,4-5,9,13H2,1H3,(H,25,26). The Morgan fingerprint density at radius 2 is 2.17 bits per heavy atom. The predicted octanol–water partition coefficient (Wildman–Crippen LogP) is 3.90. The summed E-state index contributed by atoms with van der Waals surface area (Å²) in [6.07, 6.45) is 6.55. The number of oxazole rings is 2. The fraction of sp³-hybridized carbons (Fsp3) is 0.273. The summed E-state index contributed by atoms with van der Waals surface area (Å²) in [6, 6.07) is 10.0. The van der Waals surface area contributed by atoms with Gasteiger partial charge in [0.2, 0.25) is 5.89 Å². The molecular formula is C22H21N5O3. The van der Waals surface area contributed by atoms with Gasteiger partial charge in [0, 0.05) is 25.3 Å². The van der Waals surface area contributed by atoms with Gasteiger partial charge in [-0.15, -0.1) is 0 Å². The maximum absolute atomic E-state index is 13.3. The summed E-state index contributed by atoms with van der Waals surface area (Å²) in [7, 11) is 0. The lowest BCUT2D eigenvalue weighted by Gasteiger charge is -2.32. The van der Waals surface area contributed by atoms with Gasteiger partial charge in [0.1, 0.15) is 17.5 Å². The summed E-state index contributed by atoms with van der Waals surface area (Å²) in [5.74, 6) is 0.264. The Labute approximate surface area is 172 Å². The Morgan fingerprint density at radius 1 is 1.27 bits per heavy atom. The minimum Gasteiger partial charge on any atom is -0.444 e. The van der Waals surface area contributed by atoms with Gasteiger partial charge >= 0.3 is 0 Å². The van der Waals surface area contributed by atoms with Crippen molar-refractivity contribution in [2.75, 3.05) is 18.4 Å². The van der Waals surface area contributed by atoms with Crippen LogP contribution in [-0.2, 0) is 0 Å². The maximum Gasteiger partial charge on any atom is 0.295 e. The normalized spacial score (nSPS) is 16.7. The number of aromatic nitrogens is 3. The molecule has 8 nitrogen and oxygen atoms in total. The largest absolute Gasteiger partial charge is 0.444 e. The first kappa shape index (κ1) is 18.4. The Balaban J connectivity index is 1.35. The molecule has 1 fully saturated rings. The number of nitrogens with one attached hydrogen (secondary N) is 1. The topological polar surface area (TPSA) is 97.3 Å². The van der Waals surface area contributed by atoms with E-state index in [9.17, 15) is 4.79 Å². The molecule has 0 aliphatic carbocycles. The van der Waals surface area contributed by atoms with Gasteiger partial charge in [0.15, 0.2) is 5.58 Å². The van der Waals surface area contributed by atoms with Crippen LogP contribution in [-0.4, -0.2) is 44.9 Å². The molecule has 1 N–H and O–H groups in total. The predicted molar refractivity (Wildman–Crippen MR) is 111 cm³/mol. The van der Waals surface area contributed by atoms with E-state index in [1.165, 1.54) is 6.26 Å². The molecule has 1 amide bonds. The number of fused-ring (bicyclic) bond motifs is 1. The molecule has 0 saturated carbocycles. The zero-order valence-corrected chi connectivity index (χ0v) is 16.5. The van der Waals surface area contributed by atoms with Gasteiger partial charge in [-0.1, -0.05) is 12.1 Å². The Kier molecular flexibility index (Phi) is 4.66. The molecule has 1 aromatic carbocycles. The van der Waals surface area contributed by atoms with Gasteiger partial charge in [-0.3, -0.25) is 4.79 Å². The van der Waals surface area contributed by atoms with Crippen LogP contribution in [0.15, 0.2) is 57.8 Å². The van der Waals surface area contributed by atoms with Gasteiger partial charge in [-0.2, -0.15) is 4.98 Å². The molecule has 1 saturated heterocycles. The van der Waals surface area contributed by atoms with Crippen molar-refractivity contribution in [1.82, 2.24) is 19.9 Å². The molecule has 1 unspecified atom stereocenters. The zero-order valence-electron chi connectivity index (χ0n) is 16.5. The number of anilines is 1. The van der Waals surface area contributed by atoms with Gasteiger partial charge in [-0.05, 0) is 43.5 Å². The third-order valence-corrected chi connectivity index (χ3v) is 5.22. The first-order chi connectivity index (χ1) is 14.7. The van der Waals surface area contributed by atoms with Crippen LogP contribution in [0.3, 0.4) is 0 Å². The highest BCUT2D eigenvalue weighted by Crippen LogP contribution is 2.25. The van der Waals surface area contributed by atoms with E-state index in [1.54, 1.807) is 12.4 Å². The van der Waals surface area contributed by atoms with E-state index in [1.807, 2.05) is 42.2 Å². The van der Waals surface area contributed by atoms with Crippen molar-refractivity contribution in [3.8, 4) is 11.5 Å². The molecule has 4 heterocycles. The quantitative estimate of drug-likeness (QED) is 0.552.